The number of hydrogen-bond donors (Lipinski definition) is 2. The summed E-state index contributed by atoms with van der Waals surface area (Å²) in [6.45, 7) is 5.21. The molecule has 4 heterocycles. The largest absolute Gasteiger partial charge is 0.383 e. The molecule has 2 aromatic rings. The summed E-state index contributed by atoms with van der Waals surface area (Å²) in [4.78, 5) is 14.8. The van der Waals surface area contributed by atoms with Crippen LogP contribution >= 0.6 is 0 Å². The Labute approximate surface area is 180 Å². The zero-order chi connectivity index (χ0) is 21.5. The van der Waals surface area contributed by atoms with Crippen LogP contribution in [0.1, 0.15) is 20.3 Å². The van der Waals surface area contributed by atoms with Crippen molar-refractivity contribution in [2.75, 3.05) is 30.3 Å². The molecule has 1 saturated heterocycles. The number of nitrogens with zero attached hydrogens (tertiary/aromatic N) is 3. The molecule has 0 spiro atoms. The van der Waals surface area contributed by atoms with E-state index in [2.05, 4.69) is 15.7 Å². The monoisotopic (exact) mass is 427 g/mol. The lowest BCUT2D eigenvalue weighted by Gasteiger charge is -2.28. The fourth-order valence-electron chi connectivity index (χ4n) is 4.39. The number of nitrogens with one attached hydrogen (secondary N) is 2. The number of fused-ring (bicyclic) bond motifs is 5. The van der Waals surface area contributed by atoms with Gasteiger partial charge in [0.25, 0.3) is 5.91 Å². The molecule has 0 aliphatic carbocycles. The number of rotatable bonds is 2. The van der Waals surface area contributed by atoms with Crippen molar-refractivity contribution >= 4 is 23.6 Å². The Morgan fingerprint density at radius 1 is 1.32 bits per heavy atom. The van der Waals surface area contributed by atoms with Gasteiger partial charge in [-0.3, -0.25) is 4.79 Å². The third kappa shape index (κ3) is 3.90. The molecule has 4 bridgehead atoms. The van der Waals surface area contributed by atoms with Gasteiger partial charge in [-0.05, 0) is 43.7 Å². The molecule has 3 aliphatic heterocycles. The molecule has 164 valence electrons. The van der Waals surface area contributed by atoms with Crippen LogP contribution in [0.15, 0.2) is 30.5 Å². The predicted molar refractivity (Wildman–Crippen MR) is 115 cm³/mol. The molecule has 2 N–H and O–H groups in total. The van der Waals surface area contributed by atoms with Crippen molar-refractivity contribution in [3.05, 3.63) is 36.3 Å². The Kier molecular flexibility index (Phi) is 5.15. The molecular weight excluding hydrogens is 401 g/mol. The van der Waals surface area contributed by atoms with Crippen LogP contribution in [0.4, 0.5) is 15.9 Å². The van der Waals surface area contributed by atoms with E-state index in [1.807, 2.05) is 37.1 Å². The average molecular weight is 427 g/mol. The van der Waals surface area contributed by atoms with Gasteiger partial charge in [-0.2, -0.15) is 5.10 Å². The van der Waals surface area contributed by atoms with Crippen molar-refractivity contribution in [3.8, 4) is 11.1 Å². The summed E-state index contributed by atoms with van der Waals surface area (Å²) in [7, 11) is 0. The highest BCUT2D eigenvalue weighted by Crippen LogP contribution is 2.33. The van der Waals surface area contributed by atoms with Gasteiger partial charge in [-0.1, -0.05) is 0 Å². The number of aromatic nitrogens is 2. The molecule has 1 unspecified atom stereocenters. The second-order valence-corrected chi connectivity index (χ2v) is 8.34. The maximum Gasteiger partial charge on any atom is 0.252 e. The van der Waals surface area contributed by atoms with Gasteiger partial charge < -0.3 is 25.0 Å². The number of carbonyl (C=O) groups excluding carboxylic acids is 1. The third-order valence-corrected chi connectivity index (χ3v) is 5.76. The van der Waals surface area contributed by atoms with Crippen LogP contribution in [0.3, 0.4) is 0 Å². The minimum Gasteiger partial charge on any atom is -0.383 e. The average Bonchev–Trinajstić information content (AvgIpc) is 3.27. The van der Waals surface area contributed by atoms with Crippen molar-refractivity contribution < 1.29 is 18.7 Å². The van der Waals surface area contributed by atoms with Crippen LogP contribution < -0.4 is 10.6 Å². The van der Waals surface area contributed by atoms with E-state index in [0.717, 1.165) is 11.4 Å². The van der Waals surface area contributed by atoms with E-state index in [1.165, 1.54) is 12.1 Å². The number of carbonyl (C=O) groups is 1. The maximum atomic E-state index is 14.4. The van der Waals surface area contributed by atoms with Crippen LogP contribution in [0.2, 0.25) is 0 Å². The first-order valence-corrected chi connectivity index (χ1v) is 10.6. The molecule has 3 atom stereocenters. The summed E-state index contributed by atoms with van der Waals surface area (Å²) in [5, 5.41) is 10.9. The van der Waals surface area contributed by atoms with Crippen LogP contribution in [0.5, 0.6) is 0 Å². The number of ether oxygens (including phenoxy) is 2. The molecule has 8 nitrogen and oxygen atoms in total. The summed E-state index contributed by atoms with van der Waals surface area (Å²) in [5.74, 6) is 0.372. The number of halogens is 1. The number of anilines is 2. The Morgan fingerprint density at radius 3 is 3.03 bits per heavy atom. The molecule has 9 heteroatoms. The Hall–Kier alpha value is -2.91. The van der Waals surface area contributed by atoms with Crippen molar-refractivity contribution in [2.24, 2.45) is 0 Å². The number of hydrogen-bond acceptors (Lipinski definition) is 6. The molecule has 0 radical (unpaired) electrons. The molecular formula is C22H26FN5O3. The highest BCUT2D eigenvalue weighted by molar-refractivity contribution is 5.84. The van der Waals surface area contributed by atoms with Gasteiger partial charge in [0.2, 0.25) is 0 Å². The SMILES string of the molecule is CC(C)O[C@@H]1C[C@H]2COC3C=Cn4ncc(c4N3)-c3cc(F)cc(c3)NCCN2C1=O. The van der Waals surface area contributed by atoms with Gasteiger partial charge in [0.15, 0.2) is 0 Å². The van der Waals surface area contributed by atoms with Gasteiger partial charge in [-0.15, -0.1) is 0 Å². The lowest BCUT2D eigenvalue weighted by atomic mass is 10.1. The van der Waals surface area contributed by atoms with Crippen molar-refractivity contribution in [1.29, 1.82) is 0 Å². The molecule has 31 heavy (non-hydrogen) atoms. The van der Waals surface area contributed by atoms with Gasteiger partial charge in [0.05, 0.1) is 24.9 Å². The first-order valence-electron chi connectivity index (χ1n) is 10.6. The van der Waals surface area contributed by atoms with E-state index in [1.54, 1.807) is 10.9 Å². The maximum absolute atomic E-state index is 14.4. The van der Waals surface area contributed by atoms with E-state index < -0.39 is 6.10 Å². The molecule has 1 amide bonds. The number of benzene rings is 1. The van der Waals surface area contributed by atoms with Gasteiger partial charge >= 0.3 is 0 Å². The van der Waals surface area contributed by atoms with Crippen molar-refractivity contribution in [2.45, 2.75) is 44.7 Å². The zero-order valence-corrected chi connectivity index (χ0v) is 17.5. The predicted octanol–water partition coefficient (Wildman–Crippen LogP) is 2.75. The second-order valence-electron chi connectivity index (χ2n) is 8.34. The fraction of sp³-hybridized carbons (Fsp3) is 0.455. The summed E-state index contributed by atoms with van der Waals surface area (Å²) in [6.07, 6.45) is 5.12. The lowest BCUT2D eigenvalue weighted by Crippen LogP contribution is -2.41. The Balaban J connectivity index is 1.47. The highest BCUT2D eigenvalue weighted by atomic mass is 19.1. The van der Waals surface area contributed by atoms with Gasteiger partial charge in [-0.25, -0.2) is 9.07 Å². The molecule has 1 fully saturated rings. The van der Waals surface area contributed by atoms with Crippen LogP contribution in [-0.4, -0.2) is 64.8 Å². The van der Waals surface area contributed by atoms with E-state index in [4.69, 9.17) is 9.47 Å². The molecule has 5 rings (SSSR count). The van der Waals surface area contributed by atoms with Gasteiger partial charge in [0.1, 0.15) is 24.0 Å². The lowest BCUT2D eigenvalue weighted by molar-refractivity contribution is -0.140. The summed E-state index contributed by atoms with van der Waals surface area (Å²) >= 11 is 0. The van der Waals surface area contributed by atoms with Crippen LogP contribution in [0.25, 0.3) is 17.3 Å². The fourth-order valence-corrected chi connectivity index (χ4v) is 4.39. The topological polar surface area (TPSA) is 80.7 Å². The van der Waals surface area contributed by atoms with Crippen LogP contribution in [0, 0.1) is 5.82 Å². The molecule has 3 aliphatic rings. The molecule has 0 saturated carbocycles. The number of amides is 1. The van der Waals surface area contributed by atoms with Gasteiger partial charge in [0, 0.05) is 37.0 Å². The first-order chi connectivity index (χ1) is 15.0. The summed E-state index contributed by atoms with van der Waals surface area (Å²) < 4.78 is 28.0. The normalized spacial score (nSPS) is 25.1. The van der Waals surface area contributed by atoms with Crippen molar-refractivity contribution in [1.82, 2.24) is 14.7 Å². The van der Waals surface area contributed by atoms with Crippen LogP contribution in [-0.2, 0) is 14.3 Å². The van der Waals surface area contributed by atoms with Crippen molar-refractivity contribution in [3.63, 3.8) is 0 Å². The minimum atomic E-state index is -0.465. The van der Waals surface area contributed by atoms with E-state index in [-0.39, 0.29) is 30.1 Å². The summed E-state index contributed by atoms with van der Waals surface area (Å²) in [5.41, 5.74) is 2.16. The Bertz CT molecular complexity index is 1020. The third-order valence-electron chi connectivity index (χ3n) is 5.76. The first kappa shape index (κ1) is 20.0. The minimum absolute atomic E-state index is 0.0244. The second kappa shape index (κ2) is 7.97. The Morgan fingerprint density at radius 2 is 2.19 bits per heavy atom. The zero-order valence-electron chi connectivity index (χ0n) is 17.5. The standard InChI is InChI=1S/C22H26FN5O3/c1-13(2)31-19-10-17-12-30-20-3-5-28-21(26-20)18(11-25-28)14-7-15(23)9-16(8-14)24-4-6-27(17)22(19)29/h3,5,7-9,11,13,17,19-20,24,26H,4,6,10,12H2,1-2H3/t17-,19+,20?/m0/s1. The van der Waals surface area contributed by atoms with E-state index >= 15 is 0 Å². The van der Waals surface area contributed by atoms with E-state index in [9.17, 15) is 9.18 Å². The highest BCUT2D eigenvalue weighted by Gasteiger charge is 2.40. The summed E-state index contributed by atoms with van der Waals surface area (Å²) in [6, 6.07) is 4.74. The van der Waals surface area contributed by atoms with E-state index in [0.29, 0.717) is 37.4 Å². The molecule has 1 aromatic heterocycles. The smallest absolute Gasteiger partial charge is 0.252 e. The molecule has 1 aromatic carbocycles. The quantitative estimate of drug-likeness (QED) is 0.767.